The van der Waals surface area contributed by atoms with Crippen LogP contribution in [0.25, 0.3) is 11.1 Å². The lowest BCUT2D eigenvalue weighted by atomic mass is 10.0. The molecule has 1 N–H and O–H groups in total. The van der Waals surface area contributed by atoms with Crippen LogP contribution in [0.4, 0.5) is 0 Å². The zero-order chi connectivity index (χ0) is 18.6. The van der Waals surface area contributed by atoms with Gasteiger partial charge in [0.25, 0.3) is 13.4 Å². The molecule has 26 heavy (non-hydrogen) atoms. The second-order valence-electron chi connectivity index (χ2n) is 6.63. The molecule has 1 heterocycles. The van der Waals surface area contributed by atoms with Gasteiger partial charge in [0.2, 0.25) is 0 Å². The Kier molecular flexibility index (Phi) is 5.92. The van der Waals surface area contributed by atoms with E-state index in [1.807, 2.05) is 59.3 Å². The molecule has 0 aliphatic carbocycles. The number of piperidine rings is 1. The predicted octanol–water partition coefficient (Wildman–Crippen LogP) is 4.02. The zero-order valence-corrected chi connectivity index (χ0v) is 16.1. The Hall–Kier alpha value is -1.94. The van der Waals surface area contributed by atoms with Gasteiger partial charge < -0.3 is 9.84 Å². The maximum absolute atomic E-state index is 12.6. The first-order valence-electron chi connectivity index (χ1n) is 8.84. The molecular formula is C20H25N2O3P. The van der Waals surface area contributed by atoms with Crippen LogP contribution in [0.1, 0.15) is 23.2 Å². The third kappa shape index (κ3) is 4.42. The molecule has 3 rings (SSSR count). The molecule has 0 bridgehead atoms. The molecule has 2 aromatic carbocycles. The van der Waals surface area contributed by atoms with E-state index in [1.54, 1.807) is 6.66 Å². The van der Waals surface area contributed by atoms with Crippen LogP contribution < -0.4 is 5.32 Å². The number of nitrogens with one attached hydrogen (secondary N) is 1. The van der Waals surface area contributed by atoms with Crippen molar-refractivity contribution in [1.29, 1.82) is 0 Å². The molecule has 6 heteroatoms. The van der Waals surface area contributed by atoms with Crippen molar-refractivity contribution in [1.82, 2.24) is 9.99 Å². The third-order valence-electron chi connectivity index (χ3n) is 4.89. The number of benzene rings is 2. The van der Waals surface area contributed by atoms with E-state index in [4.69, 9.17) is 4.52 Å². The van der Waals surface area contributed by atoms with E-state index in [-0.39, 0.29) is 11.9 Å². The fourth-order valence-corrected chi connectivity index (χ4v) is 4.42. The number of nitrogens with zero attached hydrogens (tertiary/aromatic N) is 1. The average molecular weight is 372 g/mol. The first-order valence-corrected chi connectivity index (χ1v) is 10.9. The molecule has 1 atom stereocenters. The lowest BCUT2D eigenvalue weighted by molar-refractivity contribution is 0.0922. The summed E-state index contributed by atoms with van der Waals surface area (Å²) in [6, 6.07) is 17.8. The predicted molar refractivity (Wildman–Crippen MR) is 104 cm³/mol. The van der Waals surface area contributed by atoms with Crippen molar-refractivity contribution in [3.8, 4) is 11.1 Å². The Labute approximate surface area is 154 Å². The minimum Gasteiger partial charge on any atom is -0.349 e. The van der Waals surface area contributed by atoms with Crippen LogP contribution in [0, 0.1) is 0 Å². The molecule has 1 saturated heterocycles. The molecule has 1 fully saturated rings. The maximum atomic E-state index is 12.6. The van der Waals surface area contributed by atoms with E-state index in [1.165, 1.54) is 7.11 Å². The van der Waals surface area contributed by atoms with E-state index < -0.39 is 7.52 Å². The second kappa shape index (κ2) is 8.17. The molecule has 1 aliphatic heterocycles. The smallest absolute Gasteiger partial charge is 0.269 e. The maximum Gasteiger partial charge on any atom is 0.269 e. The highest BCUT2D eigenvalue weighted by molar-refractivity contribution is 7.55. The van der Waals surface area contributed by atoms with Crippen molar-refractivity contribution in [2.24, 2.45) is 0 Å². The summed E-state index contributed by atoms with van der Waals surface area (Å²) < 4.78 is 19.3. The van der Waals surface area contributed by atoms with E-state index in [2.05, 4.69) is 5.32 Å². The van der Waals surface area contributed by atoms with Crippen LogP contribution in [0.2, 0.25) is 0 Å². The summed E-state index contributed by atoms with van der Waals surface area (Å²) >= 11 is 0. The van der Waals surface area contributed by atoms with Gasteiger partial charge in [-0.15, -0.1) is 0 Å². The summed E-state index contributed by atoms with van der Waals surface area (Å²) in [5, 5.41) is 3.11. The second-order valence-corrected chi connectivity index (χ2v) is 9.17. The van der Waals surface area contributed by atoms with Gasteiger partial charge in [0.1, 0.15) is 0 Å². The highest BCUT2D eigenvalue weighted by atomic mass is 31.2. The molecule has 0 radical (unpaired) electrons. The quantitative estimate of drug-likeness (QED) is 0.806. The van der Waals surface area contributed by atoms with Crippen LogP contribution in [0.5, 0.6) is 0 Å². The fraction of sp³-hybridized carbons (Fsp3) is 0.350. The molecule has 2 aromatic rings. The van der Waals surface area contributed by atoms with Gasteiger partial charge in [-0.25, -0.2) is 4.67 Å². The largest absolute Gasteiger partial charge is 0.349 e. The first-order chi connectivity index (χ1) is 12.5. The Morgan fingerprint density at radius 2 is 1.73 bits per heavy atom. The molecule has 5 nitrogen and oxygen atoms in total. The number of carbonyl (C=O) groups excluding carboxylic acids is 1. The van der Waals surface area contributed by atoms with Gasteiger partial charge in [-0.1, -0.05) is 42.5 Å². The summed E-state index contributed by atoms with van der Waals surface area (Å²) in [4.78, 5) is 12.6. The van der Waals surface area contributed by atoms with Crippen molar-refractivity contribution in [3.05, 3.63) is 60.2 Å². The third-order valence-corrected chi connectivity index (χ3v) is 7.00. The number of hydrogen-bond acceptors (Lipinski definition) is 3. The van der Waals surface area contributed by atoms with E-state index in [9.17, 15) is 9.36 Å². The molecule has 0 aromatic heterocycles. The minimum atomic E-state index is -2.69. The molecule has 0 spiro atoms. The lowest BCUT2D eigenvalue weighted by Crippen LogP contribution is -2.43. The van der Waals surface area contributed by atoms with Gasteiger partial charge in [0, 0.05) is 38.5 Å². The highest BCUT2D eigenvalue weighted by Gasteiger charge is 2.30. The fourth-order valence-electron chi connectivity index (χ4n) is 3.23. The molecule has 138 valence electrons. The average Bonchev–Trinajstić information content (AvgIpc) is 2.69. The van der Waals surface area contributed by atoms with Gasteiger partial charge in [-0.2, -0.15) is 0 Å². The van der Waals surface area contributed by atoms with E-state index in [0.29, 0.717) is 18.7 Å². The normalized spacial score (nSPS) is 18.2. The Bertz CT molecular complexity index is 802. The van der Waals surface area contributed by atoms with Crippen LogP contribution in [-0.2, 0) is 9.09 Å². The van der Waals surface area contributed by atoms with Crippen LogP contribution in [-0.4, -0.2) is 43.5 Å². The van der Waals surface area contributed by atoms with Crippen molar-refractivity contribution in [3.63, 3.8) is 0 Å². The van der Waals surface area contributed by atoms with Crippen LogP contribution >= 0.6 is 7.52 Å². The summed E-state index contributed by atoms with van der Waals surface area (Å²) in [7, 11) is -1.21. The Morgan fingerprint density at radius 3 is 2.38 bits per heavy atom. The highest BCUT2D eigenvalue weighted by Crippen LogP contribution is 2.47. The summed E-state index contributed by atoms with van der Waals surface area (Å²) in [6.07, 6.45) is 1.54. The molecule has 1 unspecified atom stereocenters. The summed E-state index contributed by atoms with van der Waals surface area (Å²) in [5.74, 6) is -0.0624. The number of carbonyl (C=O) groups is 1. The SMILES string of the molecule is COP(C)(=O)N1CCC(NC(=O)c2cccc(-c3ccccc3)c2)CC1. The van der Waals surface area contributed by atoms with Crippen LogP contribution in [0.15, 0.2) is 54.6 Å². The lowest BCUT2D eigenvalue weighted by Gasteiger charge is -2.34. The van der Waals surface area contributed by atoms with Crippen molar-refractivity contribution in [2.75, 3.05) is 26.9 Å². The van der Waals surface area contributed by atoms with E-state index in [0.717, 1.165) is 24.0 Å². The first kappa shape index (κ1) is 18.8. The zero-order valence-electron chi connectivity index (χ0n) is 15.2. The van der Waals surface area contributed by atoms with Crippen molar-refractivity contribution < 1.29 is 13.9 Å². The van der Waals surface area contributed by atoms with Crippen molar-refractivity contribution in [2.45, 2.75) is 18.9 Å². The Morgan fingerprint density at radius 1 is 1.08 bits per heavy atom. The van der Waals surface area contributed by atoms with Gasteiger partial charge in [0.15, 0.2) is 0 Å². The minimum absolute atomic E-state index is 0.0624. The molecule has 0 saturated carbocycles. The van der Waals surface area contributed by atoms with E-state index >= 15 is 0 Å². The molecule has 1 amide bonds. The molecule has 1 aliphatic rings. The van der Waals surface area contributed by atoms with Crippen LogP contribution in [0.3, 0.4) is 0 Å². The standard InChI is InChI=1S/C20H25N2O3P/c1-25-26(2,24)22-13-11-19(12-14-22)21-20(23)18-10-6-9-17(15-18)16-7-4-3-5-8-16/h3-10,15,19H,11-14H2,1-2H3,(H,21,23). The summed E-state index contributed by atoms with van der Waals surface area (Å²) in [6.45, 7) is 2.97. The van der Waals surface area contributed by atoms with Crippen molar-refractivity contribution >= 4 is 13.4 Å². The van der Waals surface area contributed by atoms with Gasteiger partial charge in [-0.3, -0.25) is 9.36 Å². The molecular weight excluding hydrogens is 347 g/mol. The summed E-state index contributed by atoms with van der Waals surface area (Å²) in [5.41, 5.74) is 2.78. The Balaban J connectivity index is 1.62. The number of rotatable bonds is 5. The number of hydrogen-bond donors (Lipinski definition) is 1. The van der Waals surface area contributed by atoms with Gasteiger partial charge >= 0.3 is 0 Å². The number of amides is 1. The topological polar surface area (TPSA) is 58.6 Å². The van der Waals surface area contributed by atoms with Gasteiger partial charge in [0.05, 0.1) is 0 Å². The monoisotopic (exact) mass is 372 g/mol. The van der Waals surface area contributed by atoms with Gasteiger partial charge in [-0.05, 0) is 36.1 Å².